The van der Waals surface area contributed by atoms with Crippen LogP contribution < -0.4 is 0 Å². The smallest absolute Gasteiger partial charge is 0.259 e. The van der Waals surface area contributed by atoms with E-state index in [0.717, 1.165) is 37.9 Å². The summed E-state index contributed by atoms with van der Waals surface area (Å²) >= 11 is 0. The molecular formula is C19H19N5O2. The Bertz CT molecular complexity index is 866. The van der Waals surface area contributed by atoms with E-state index in [0.29, 0.717) is 23.2 Å². The molecule has 0 radical (unpaired) electrons. The van der Waals surface area contributed by atoms with E-state index >= 15 is 0 Å². The van der Waals surface area contributed by atoms with Gasteiger partial charge in [0.05, 0.1) is 11.1 Å². The Labute approximate surface area is 151 Å². The van der Waals surface area contributed by atoms with Crippen LogP contribution in [-0.2, 0) is 6.42 Å². The summed E-state index contributed by atoms with van der Waals surface area (Å²) < 4.78 is 5.31. The molecule has 1 aliphatic rings. The third kappa shape index (κ3) is 3.61. The van der Waals surface area contributed by atoms with Gasteiger partial charge in [0, 0.05) is 44.3 Å². The Hall–Kier alpha value is -3.09. The lowest BCUT2D eigenvalue weighted by molar-refractivity contribution is 0.0786. The van der Waals surface area contributed by atoms with Gasteiger partial charge in [-0.2, -0.15) is 4.98 Å². The zero-order valence-electron chi connectivity index (χ0n) is 14.3. The Kier molecular flexibility index (Phi) is 4.68. The van der Waals surface area contributed by atoms with Gasteiger partial charge in [-0.3, -0.25) is 14.8 Å². The van der Waals surface area contributed by atoms with Crippen molar-refractivity contribution in [2.24, 2.45) is 5.92 Å². The molecule has 1 unspecified atom stereocenters. The summed E-state index contributed by atoms with van der Waals surface area (Å²) in [7, 11) is 0. The molecule has 1 saturated heterocycles. The van der Waals surface area contributed by atoms with Crippen molar-refractivity contribution in [1.82, 2.24) is 25.0 Å². The molecule has 3 aromatic rings. The number of carbonyl (C=O) groups excluding carboxylic acids is 1. The maximum Gasteiger partial charge on any atom is 0.259 e. The van der Waals surface area contributed by atoms with Crippen LogP contribution in [0.5, 0.6) is 0 Å². The van der Waals surface area contributed by atoms with Crippen molar-refractivity contribution in [2.45, 2.75) is 19.3 Å². The van der Waals surface area contributed by atoms with Crippen LogP contribution in [0.4, 0.5) is 0 Å². The fraction of sp³-hybridized carbons (Fsp3) is 0.316. The number of hydrogen-bond donors (Lipinski definition) is 0. The normalized spacial score (nSPS) is 16.8. The zero-order chi connectivity index (χ0) is 17.8. The lowest BCUT2D eigenvalue weighted by Gasteiger charge is -2.16. The number of nitrogens with zero attached hydrogens (tertiary/aromatic N) is 5. The molecule has 4 rings (SSSR count). The summed E-state index contributed by atoms with van der Waals surface area (Å²) in [6, 6.07) is 7.33. The van der Waals surface area contributed by atoms with E-state index in [-0.39, 0.29) is 5.91 Å². The first-order valence-electron chi connectivity index (χ1n) is 8.72. The van der Waals surface area contributed by atoms with E-state index in [2.05, 4.69) is 20.1 Å². The first kappa shape index (κ1) is 16.4. The van der Waals surface area contributed by atoms with E-state index in [4.69, 9.17) is 4.52 Å². The van der Waals surface area contributed by atoms with Crippen molar-refractivity contribution in [2.75, 3.05) is 13.1 Å². The highest BCUT2D eigenvalue weighted by molar-refractivity contribution is 5.94. The number of pyridine rings is 2. The Morgan fingerprint density at radius 1 is 1.19 bits per heavy atom. The summed E-state index contributed by atoms with van der Waals surface area (Å²) in [6.45, 7) is 1.55. The summed E-state index contributed by atoms with van der Waals surface area (Å²) in [5.74, 6) is 1.70. The van der Waals surface area contributed by atoms with E-state index in [1.54, 1.807) is 30.9 Å². The molecule has 0 bridgehead atoms. The van der Waals surface area contributed by atoms with Gasteiger partial charge in [0.15, 0.2) is 5.82 Å². The van der Waals surface area contributed by atoms with Crippen molar-refractivity contribution in [3.8, 4) is 11.5 Å². The van der Waals surface area contributed by atoms with E-state index < -0.39 is 0 Å². The standard InChI is InChI=1S/C19H19N5O2/c25-19(16-4-2-9-21-12-16)24-10-7-14(13-24)5-6-17-22-18(26-23-17)15-3-1-8-20-11-15/h1-4,8-9,11-12,14H,5-7,10,13H2. The number of amides is 1. The van der Waals surface area contributed by atoms with Crippen LogP contribution >= 0.6 is 0 Å². The van der Waals surface area contributed by atoms with Gasteiger partial charge in [-0.1, -0.05) is 5.16 Å². The number of aryl methyl sites for hydroxylation is 1. The highest BCUT2D eigenvalue weighted by Crippen LogP contribution is 2.23. The molecular weight excluding hydrogens is 330 g/mol. The average molecular weight is 349 g/mol. The van der Waals surface area contributed by atoms with Crippen molar-refractivity contribution in [1.29, 1.82) is 0 Å². The van der Waals surface area contributed by atoms with Gasteiger partial charge >= 0.3 is 0 Å². The molecule has 0 N–H and O–H groups in total. The molecule has 1 amide bonds. The third-order valence-electron chi connectivity index (χ3n) is 4.63. The fourth-order valence-corrected chi connectivity index (χ4v) is 3.22. The molecule has 7 heteroatoms. The van der Waals surface area contributed by atoms with Crippen LogP contribution in [0, 0.1) is 5.92 Å². The lowest BCUT2D eigenvalue weighted by atomic mass is 10.0. The molecule has 0 aromatic carbocycles. The molecule has 0 aliphatic carbocycles. The second-order valence-electron chi connectivity index (χ2n) is 6.44. The van der Waals surface area contributed by atoms with Crippen LogP contribution in [0.25, 0.3) is 11.5 Å². The van der Waals surface area contributed by atoms with Gasteiger partial charge in [0.1, 0.15) is 0 Å². The second kappa shape index (κ2) is 7.43. The van der Waals surface area contributed by atoms with Gasteiger partial charge in [-0.25, -0.2) is 0 Å². The van der Waals surface area contributed by atoms with Gasteiger partial charge in [-0.05, 0) is 43.0 Å². The number of hydrogen-bond acceptors (Lipinski definition) is 6. The Morgan fingerprint density at radius 3 is 2.81 bits per heavy atom. The van der Waals surface area contributed by atoms with Crippen LogP contribution in [0.1, 0.15) is 29.0 Å². The van der Waals surface area contributed by atoms with Crippen molar-refractivity contribution in [3.63, 3.8) is 0 Å². The quantitative estimate of drug-likeness (QED) is 0.704. The minimum atomic E-state index is 0.0547. The zero-order valence-corrected chi connectivity index (χ0v) is 14.3. The van der Waals surface area contributed by atoms with Gasteiger partial charge in [-0.15, -0.1) is 0 Å². The number of rotatable bonds is 5. The second-order valence-corrected chi connectivity index (χ2v) is 6.44. The maximum atomic E-state index is 12.5. The van der Waals surface area contributed by atoms with Crippen molar-refractivity contribution >= 4 is 5.91 Å². The summed E-state index contributed by atoms with van der Waals surface area (Å²) in [6.07, 6.45) is 9.38. The number of aromatic nitrogens is 4. The summed E-state index contributed by atoms with van der Waals surface area (Å²) in [5, 5.41) is 4.05. The Morgan fingerprint density at radius 2 is 2.04 bits per heavy atom. The molecule has 7 nitrogen and oxygen atoms in total. The van der Waals surface area contributed by atoms with Crippen LogP contribution in [0.15, 0.2) is 53.6 Å². The van der Waals surface area contributed by atoms with Gasteiger partial charge in [0.2, 0.25) is 0 Å². The van der Waals surface area contributed by atoms with Crippen LogP contribution in [0.3, 0.4) is 0 Å². The molecule has 132 valence electrons. The molecule has 1 aliphatic heterocycles. The minimum absolute atomic E-state index is 0.0547. The molecule has 1 fully saturated rings. The highest BCUT2D eigenvalue weighted by atomic mass is 16.5. The molecule has 3 aromatic heterocycles. The SMILES string of the molecule is O=C(c1cccnc1)N1CCC(CCc2noc(-c3cccnc3)n2)C1. The largest absolute Gasteiger partial charge is 0.338 e. The molecule has 4 heterocycles. The molecule has 26 heavy (non-hydrogen) atoms. The molecule has 0 spiro atoms. The predicted molar refractivity (Wildman–Crippen MR) is 94.1 cm³/mol. The molecule has 1 atom stereocenters. The molecule has 0 saturated carbocycles. The summed E-state index contributed by atoms with van der Waals surface area (Å²) in [4.78, 5) is 26.9. The Balaban J connectivity index is 1.31. The first-order valence-corrected chi connectivity index (χ1v) is 8.72. The van der Waals surface area contributed by atoms with Crippen molar-refractivity contribution < 1.29 is 9.32 Å². The monoisotopic (exact) mass is 349 g/mol. The lowest BCUT2D eigenvalue weighted by Crippen LogP contribution is -2.28. The fourth-order valence-electron chi connectivity index (χ4n) is 3.22. The van der Waals surface area contributed by atoms with Gasteiger partial charge in [0.25, 0.3) is 11.8 Å². The number of carbonyl (C=O) groups is 1. The van der Waals surface area contributed by atoms with Crippen LogP contribution in [-0.4, -0.2) is 44.0 Å². The van der Waals surface area contributed by atoms with Gasteiger partial charge < -0.3 is 9.42 Å². The minimum Gasteiger partial charge on any atom is -0.338 e. The number of likely N-dealkylation sites (tertiary alicyclic amines) is 1. The predicted octanol–water partition coefficient (Wildman–Crippen LogP) is 2.62. The first-order chi connectivity index (χ1) is 12.8. The van der Waals surface area contributed by atoms with E-state index in [9.17, 15) is 4.79 Å². The van der Waals surface area contributed by atoms with Crippen LogP contribution in [0.2, 0.25) is 0 Å². The third-order valence-corrected chi connectivity index (χ3v) is 4.63. The van der Waals surface area contributed by atoms with E-state index in [1.165, 1.54) is 0 Å². The van der Waals surface area contributed by atoms with Crippen molar-refractivity contribution in [3.05, 3.63) is 60.4 Å². The summed E-state index contributed by atoms with van der Waals surface area (Å²) in [5.41, 5.74) is 1.47. The topological polar surface area (TPSA) is 85.0 Å². The average Bonchev–Trinajstić information content (AvgIpc) is 3.37. The highest BCUT2D eigenvalue weighted by Gasteiger charge is 2.27. The maximum absolute atomic E-state index is 12.5. The van der Waals surface area contributed by atoms with E-state index in [1.807, 2.05) is 23.1 Å².